The first-order chi connectivity index (χ1) is 17.5. The Morgan fingerprint density at radius 3 is 2.57 bits per heavy atom. The number of carbonyl (C=O) groups excluding carboxylic acids is 2. The van der Waals surface area contributed by atoms with Gasteiger partial charge in [-0.3, -0.25) is 14.6 Å². The summed E-state index contributed by atoms with van der Waals surface area (Å²) in [5, 5.41) is 2.11. The lowest BCUT2D eigenvalue weighted by Crippen LogP contribution is -2.50. The van der Waals surface area contributed by atoms with E-state index in [0.29, 0.717) is 18.1 Å². The Bertz CT molecular complexity index is 1400. The number of halogens is 1. The molecule has 1 aliphatic rings. The Morgan fingerprint density at radius 2 is 1.86 bits per heavy atom. The number of carbonyl (C=O) groups is 2. The lowest BCUT2D eigenvalue weighted by Gasteiger charge is -2.31. The van der Waals surface area contributed by atoms with Crippen molar-refractivity contribution in [1.29, 1.82) is 0 Å². The van der Waals surface area contributed by atoms with Crippen LogP contribution in [-0.4, -0.2) is 60.2 Å². The fourth-order valence-corrected chi connectivity index (χ4v) is 6.01. The number of aromatic nitrogens is 1. The smallest absolute Gasteiger partial charge is 0.245 e. The third kappa shape index (κ3) is 6.29. The van der Waals surface area contributed by atoms with Gasteiger partial charge in [0, 0.05) is 24.3 Å². The van der Waals surface area contributed by atoms with Crippen molar-refractivity contribution in [2.45, 2.75) is 50.7 Å². The number of hydrogen-bond acceptors (Lipinski definition) is 5. The van der Waals surface area contributed by atoms with E-state index in [1.807, 2.05) is 32.0 Å². The van der Waals surface area contributed by atoms with E-state index in [9.17, 15) is 18.0 Å². The van der Waals surface area contributed by atoms with Crippen molar-refractivity contribution in [3.05, 3.63) is 71.5 Å². The highest BCUT2D eigenvalue weighted by molar-refractivity contribution is 7.89. The van der Waals surface area contributed by atoms with Gasteiger partial charge in [-0.1, -0.05) is 43.6 Å². The molecule has 1 fully saturated rings. The number of likely N-dealkylation sites (tertiary alicyclic amines) is 1. The number of amides is 2. The first kappa shape index (κ1) is 27.0. The number of rotatable bonds is 9. The normalized spacial score (nSPS) is 16.9. The van der Waals surface area contributed by atoms with Crippen LogP contribution in [-0.2, 0) is 26.2 Å². The number of nitrogens with zero attached hydrogens (tertiary/aromatic N) is 3. The molecular formula is C27H31ClN4O4S. The molecule has 1 aromatic heterocycles. The molecule has 8 nitrogen and oxygen atoms in total. The lowest BCUT2D eigenvalue weighted by atomic mass is 10.1. The molecule has 4 rings (SSSR count). The summed E-state index contributed by atoms with van der Waals surface area (Å²) in [6.45, 7) is 6.89. The van der Waals surface area contributed by atoms with Gasteiger partial charge in [0.25, 0.3) is 0 Å². The van der Waals surface area contributed by atoms with E-state index in [1.165, 1.54) is 11.0 Å². The van der Waals surface area contributed by atoms with Crippen LogP contribution in [0.4, 0.5) is 0 Å². The predicted octanol–water partition coefficient (Wildman–Crippen LogP) is 3.84. The number of benzene rings is 2. The summed E-state index contributed by atoms with van der Waals surface area (Å²) in [6.07, 6.45) is 1.96. The van der Waals surface area contributed by atoms with Crippen LogP contribution in [0, 0.1) is 5.92 Å². The highest BCUT2D eigenvalue weighted by Gasteiger charge is 2.40. The molecule has 2 heterocycles. The molecule has 1 saturated heterocycles. The fourth-order valence-electron chi connectivity index (χ4n) is 4.57. The number of sulfonamides is 1. The molecule has 0 bridgehead atoms. The summed E-state index contributed by atoms with van der Waals surface area (Å²) >= 11 is 6.02. The van der Waals surface area contributed by atoms with Crippen molar-refractivity contribution in [2.75, 3.05) is 13.1 Å². The van der Waals surface area contributed by atoms with Gasteiger partial charge < -0.3 is 9.80 Å². The summed E-state index contributed by atoms with van der Waals surface area (Å²) in [5.41, 5.74) is 0.764. The monoisotopic (exact) mass is 542 g/mol. The minimum absolute atomic E-state index is 0.0659. The largest absolute Gasteiger partial charge is 0.335 e. The van der Waals surface area contributed by atoms with E-state index < -0.39 is 28.0 Å². The molecule has 0 aliphatic carbocycles. The third-order valence-corrected chi connectivity index (χ3v) is 8.13. The van der Waals surface area contributed by atoms with E-state index in [-0.39, 0.29) is 29.7 Å². The van der Waals surface area contributed by atoms with Gasteiger partial charge in [0.1, 0.15) is 12.1 Å². The molecule has 3 aromatic rings. The van der Waals surface area contributed by atoms with Crippen molar-refractivity contribution >= 4 is 44.2 Å². The van der Waals surface area contributed by atoms with Gasteiger partial charge in [-0.15, -0.1) is 0 Å². The SMILES string of the molecule is CC(C)CN(Cc1ccccn1)C(=O)[C@H](C)N1CC[C@H](NS(=O)(=O)c2ccc3cc(Cl)ccc3c2)C1=O. The van der Waals surface area contributed by atoms with Gasteiger partial charge in [-0.05, 0) is 66.4 Å². The zero-order valence-electron chi connectivity index (χ0n) is 21.1. The van der Waals surface area contributed by atoms with E-state index in [0.717, 1.165) is 16.5 Å². The van der Waals surface area contributed by atoms with Crippen molar-refractivity contribution in [3.8, 4) is 0 Å². The van der Waals surface area contributed by atoms with Crippen LogP contribution in [0.3, 0.4) is 0 Å². The number of fused-ring (bicyclic) bond motifs is 1. The van der Waals surface area contributed by atoms with E-state index in [2.05, 4.69) is 9.71 Å². The van der Waals surface area contributed by atoms with E-state index >= 15 is 0 Å². The molecule has 1 N–H and O–H groups in total. The predicted molar refractivity (Wildman–Crippen MR) is 143 cm³/mol. The van der Waals surface area contributed by atoms with Crippen molar-refractivity contribution in [1.82, 2.24) is 19.5 Å². The second-order valence-electron chi connectivity index (χ2n) is 9.76. The highest BCUT2D eigenvalue weighted by Crippen LogP contribution is 2.24. The molecule has 2 aromatic carbocycles. The average molecular weight is 543 g/mol. The molecular weight excluding hydrogens is 512 g/mol. The van der Waals surface area contributed by atoms with Crippen LogP contribution in [0.5, 0.6) is 0 Å². The summed E-state index contributed by atoms with van der Waals surface area (Å²) in [7, 11) is -3.95. The second kappa shape index (κ2) is 11.2. The third-order valence-electron chi connectivity index (χ3n) is 6.42. The Balaban J connectivity index is 1.46. The second-order valence-corrected chi connectivity index (χ2v) is 11.9. The average Bonchev–Trinajstić information content (AvgIpc) is 3.21. The van der Waals surface area contributed by atoms with Crippen LogP contribution >= 0.6 is 11.6 Å². The van der Waals surface area contributed by atoms with Crippen LogP contribution < -0.4 is 4.72 Å². The van der Waals surface area contributed by atoms with Crippen LogP contribution in [0.2, 0.25) is 5.02 Å². The van der Waals surface area contributed by atoms with Crippen LogP contribution in [0.25, 0.3) is 10.8 Å². The first-order valence-electron chi connectivity index (χ1n) is 12.3. The van der Waals surface area contributed by atoms with E-state index in [1.54, 1.807) is 48.4 Å². The molecule has 2 amide bonds. The number of pyridine rings is 1. The van der Waals surface area contributed by atoms with Crippen LogP contribution in [0.15, 0.2) is 65.7 Å². The molecule has 0 unspecified atom stereocenters. The molecule has 37 heavy (non-hydrogen) atoms. The minimum atomic E-state index is -3.95. The van der Waals surface area contributed by atoms with Crippen LogP contribution in [0.1, 0.15) is 32.9 Å². The molecule has 0 spiro atoms. The van der Waals surface area contributed by atoms with Gasteiger partial charge in [0.05, 0.1) is 17.1 Å². The van der Waals surface area contributed by atoms with E-state index in [4.69, 9.17) is 11.6 Å². The van der Waals surface area contributed by atoms with Crippen molar-refractivity contribution < 1.29 is 18.0 Å². The molecule has 1 aliphatic heterocycles. The van der Waals surface area contributed by atoms with Gasteiger partial charge in [-0.25, -0.2) is 8.42 Å². The molecule has 0 radical (unpaired) electrons. The quantitative estimate of drug-likeness (QED) is 0.443. The Hall–Kier alpha value is -3.01. The number of hydrogen-bond donors (Lipinski definition) is 1. The maximum Gasteiger partial charge on any atom is 0.245 e. The molecule has 196 valence electrons. The summed E-state index contributed by atoms with van der Waals surface area (Å²) in [4.78, 5) is 34.2. The van der Waals surface area contributed by atoms with Gasteiger partial charge in [0.15, 0.2) is 0 Å². The topological polar surface area (TPSA) is 99.7 Å². The fraction of sp³-hybridized carbons (Fsp3) is 0.370. The molecule has 2 atom stereocenters. The van der Waals surface area contributed by atoms with Gasteiger partial charge >= 0.3 is 0 Å². The number of nitrogens with one attached hydrogen (secondary N) is 1. The standard InChI is InChI=1S/C27H31ClN4O4S/c1-18(2)16-31(17-23-6-4-5-12-29-23)26(33)19(3)32-13-11-25(27(32)34)30-37(35,36)24-10-8-20-14-22(28)9-7-21(20)15-24/h4-10,12,14-15,18-19,25,30H,11,13,16-17H2,1-3H3/t19-,25-/m0/s1. The maximum atomic E-state index is 13.4. The van der Waals surface area contributed by atoms with Crippen molar-refractivity contribution in [2.24, 2.45) is 5.92 Å². The summed E-state index contributed by atoms with van der Waals surface area (Å²) in [5.74, 6) is -0.365. The van der Waals surface area contributed by atoms with Gasteiger partial charge in [-0.2, -0.15) is 4.72 Å². The highest BCUT2D eigenvalue weighted by atomic mass is 35.5. The Labute approximate surface area is 222 Å². The van der Waals surface area contributed by atoms with Crippen molar-refractivity contribution in [3.63, 3.8) is 0 Å². The molecule has 0 saturated carbocycles. The summed E-state index contributed by atoms with van der Waals surface area (Å²) < 4.78 is 28.7. The molecule has 10 heteroatoms. The maximum absolute atomic E-state index is 13.4. The Kier molecular flexibility index (Phi) is 8.16. The minimum Gasteiger partial charge on any atom is -0.335 e. The first-order valence-corrected chi connectivity index (χ1v) is 14.1. The lowest BCUT2D eigenvalue weighted by molar-refractivity contribution is -0.144. The Morgan fingerprint density at radius 1 is 1.14 bits per heavy atom. The zero-order valence-corrected chi connectivity index (χ0v) is 22.7. The van der Waals surface area contributed by atoms with Gasteiger partial charge in [0.2, 0.25) is 21.8 Å². The summed E-state index contributed by atoms with van der Waals surface area (Å²) in [6, 6.07) is 13.8. The zero-order chi connectivity index (χ0) is 26.7.